The van der Waals surface area contributed by atoms with Gasteiger partial charge in [-0.3, -0.25) is 19.3 Å². The summed E-state index contributed by atoms with van der Waals surface area (Å²) in [6.07, 6.45) is 0.547. The number of primary amides is 1. The molecular formula is C31H34N4O9. The molecule has 4 atom stereocenters. The van der Waals surface area contributed by atoms with Crippen LogP contribution in [0.2, 0.25) is 0 Å². The lowest BCUT2D eigenvalue weighted by atomic mass is 9.58. The van der Waals surface area contributed by atoms with E-state index in [4.69, 9.17) is 10.8 Å². The first-order chi connectivity index (χ1) is 20.8. The quantitative estimate of drug-likeness (QED) is 0.167. The molecule has 2 aromatic carbocycles. The minimum atomic E-state index is -2.70. The maximum Gasteiger partial charge on any atom is 0.319 e. The number of ketones is 2. The van der Waals surface area contributed by atoms with Crippen molar-refractivity contribution in [2.75, 3.05) is 32.6 Å². The van der Waals surface area contributed by atoms with E-state index in [1.54, 1.807) is 44.4 Å². The molecule has 13 nitrogen and oxygen atoms in total. The number of allylic oxidation sites excluding steroid dienone is 1. The second-order valence-corrected chi connectivity index (χ2v) is 11.5. The van der Waals surface area contributed by atoms with Gasteiger partial charge in [-0.15, -0.1) is 0 Å². The number of urea groups is 1. The highest BCUT2D eigenvalue weighted by atomic mass is 16.3. The van der Waals surface area contributed by atoms with Crippen molar-refractivity contribution < 1.29 is 44.7 Å². The van der Waals surface area contributed by atoms with E-state index in [1.807, 2.05) is 0 Å². The third-order valence-electron chi connectivity index (χ3n) is 8.68. The zero-order chi connectivity index (χ0) is 32.1. The number of phenolic OH excluding ortho intramolecular Hbond substituents is 1. The van der Waals surface area contributed by atoms with Crippen LogP contribution in [0.4, 0.5) is 10.5 Å². The molecule has 0 saturated carbocycles. The molecule has 2 aromatic rings. The van der Waals surface area contributed by atoms with Gasteiger partial charge in [-0.25, -0.2) is 4.79 Å². The molecule has 0 fully saturated rings. The number of aliphatic hydroxyl groups is 4. The van der Waals surface area contributed by atoms with Gasteiger partial charge >= 0.3 is 6.03 Å². The molecule has 0 aliphatic heterocycles. The zero-order valence-electron chi connectivity index (χ0n) is 24.1. The average Bonchev–Trinajstić information content (AvgIpc) is 2.95. The third kappa shape index (κ3) is 4.78. The predicted octanol–water partition coefficient (Wildman–Crippen LogP) is 1.29. The van der Waals surface area contributed by atoms with E-state index in [0.717, 1.165) is 0 Å². The molecule has 44 heavy (non-hydrogen) atoms. The molecule has 0 aromatic heterocycles. The molecule has 232 valence electrons. The van der Waals surface area contributed by atoms with Gasteiger partial charge in [-0.2, -0.15) is 0 Å². The second-order valence-electron chi connectivity index (χ2n) is 11.5. The first-order valence-corrected chi connectivity index (χ1v) is 14.1. The van der Waals surface area contributed by atoms with Crippen LogP contribution in [-0.4, -0.2) is 92.8 Å². The number of hydrogen-bond acceptors (Lipinski definition) is 10. The fourth-order valence-electron chi connectivity index (χ4n) is 6.71. The number of likely N-dealkylation sites (N-methyl/N-ethyl adjacent to an activating group) is 1. The largest absolute Gasteiger partial charge is 0.510 e. The Morgan fingerprint density at radius 2 is 1.75 bits per heavy atom. The smallest absolute Gasteiger partial charge is 0.319 e. The number of phenols is 1. The Labute approximate surface area is 252 Å². The van der Waals surface area contributed by atoms with Crippen molar-refractivity contribution in [2.24, 2.45) is 17.6 Å². The number of aromatic hydroxyl groups is 1. The van der Waals surface area contributed by atoms with Crippen LogP contribution in [0.5, 0.6) is 5.75 Å². The summed E-state index contributed by atoms with van der Waals surface area (Å²) in [7, 11) is 3.14. The number of fused-ring (bicyclic) bond motifs is 3. The number of amides is 3. The molecule has 5 rings (SSSR count). The van der Waals surface area contributed by atoms with Crippen LogP contribution in [-0.2, 0) is 16.0 Å². The summed E-state index contributed by atoms with van der Waals surface area (Å²) in [5.41, 5.74) is 3.78. The van der Waals surface area contributed by atoms with Crippen LogP contribution in [0, 0.1) is 11.8 Å². The highest BCUT2D eigenvalue weighted by Crippen LogP contribution is 2.53. The fraction of sp³-hybridized carbons (Fsp3) is 0.355. The molecule has 3 aliphatic carbocycles. The number of nitrogens with one attached hydrogen (secondary N) is 2. The summed E-state index contributed by atoms with van der Waals surface area (Å²) in [5, 5.41) is 59.1. The molecule has 9 N–H and O–H groups in total. The number of carbonyl (C=O) groups is 4. The van der Waals surface area contributed by atoms with Crippen molar-refractivity contribution in [3.8, 4) is 16.9 Å². The topological polar surface area (TPSA) is 223 Å². The molecule has 3 aliphatic rings. The summed E-state index contributed by atoms with van der Waals surface area (Å²) < 4.78 is 0. The Balaban J connectivity index is 1.55. The van der Waals surface area contributed by atoms with Gasteiger partial charge in [-0.1, -0.05) is 18.2 Å². The lowest BCUT2D eigenvalue weighted by molar-refractivity contribution is -0.148. The van der Waals surface area contributed by atoms with Gasteiger partial charge in [0.2, 0.25) is 5.78 Å². The molecule has 1 unspecified atom stereocenters. The van der Waals surface area contributed by atoms with Crippen LogP contribution in [0.15, 0.2) is 59.1 Å². The normalized spacial score (nSPS) is 24.5. The number of carbonyl (C=O) groups excluding carboxylic acids is 4. The van der Waals surface area contributed by atoms with Crippen LogP contribution < -0.4 is 16.4 Å². The molecule has 0 saturated heterocycles. The Kier molecular flexibility index (Phi) is 7.97. The molecule has 3 amide bonds. The van der Waals surface area contributed by atoms with Gasteiger partial charge < -0.3 is 41.9 Å². The van der Waals surface area contributed by atoms with Gasteiger partial charge in [-0.05, 0) is 74.2 Å². The van der Waals surface area contributed by atoms with E-state index >= 15 is 0 Å². The molecular weight excluding hydrogens is 572 g/mol. The molecule has 0 spiro atoms. The highest BCUT2D eigenvalue weighted by molar-refractivity contribution is 6.25. The Morgan fingerprint density at radius 1 is 1.07 bits per heavy atom. The number of nitrogens with two attached hydrogens (primary N) is 1. The lowest BCUT2D eigenvalue weighted by Crippen LogP contribution is -2.63. The van der Waals surface area contributed by atoms with E-state index in [2.05, 4.69) is 10.6 Å². The minimum Gasteiger partial charge on any atom is -0.510 e. The monoisotopic (exact) mass is 606 g/mol. The van der Waals surface area contributed by atoms with Crippen molar-refractivity contribution in [2.45, 2.75) is 30.9 Å². The van der Waals surface area contributed by atoms with Gasteiger partial charge in [0.25, 0.3) is 5.91 Å². The third-order valence-corrected chi connectivity index (χ3v) is 8.68. The Morgan fingerprint density at radius 3 is 2.36 bits per heavy atom. The lowest BCUT2D eigenvalue weighted by Gasteiger charge is -2.50. The summed E-state index contributed by atoms with van der Waals surface area (Å²) in [4.78, 5) is 53.1. The van der Waals surface area contributed by atoms with Gasteiger partial charge in [0.15, 0.2) is 11.4 Å². The average molecular weight is 607 g/mol. The number of aliphatic hydroxyl groups excluding tert-OH is 3. The molecule has 0 heterocycles. The standard InChI is InChI=1S/C31H34N4O9/c1-35(2)24-19-13-15-12-18-17(14-4-6-16(7-5-14)34-30(43)33-10-3-11-36)8-9-20(37)22(18)25(38)21(15)27(40)31(19,44)28(41)23(26(24)39)29(32)42/h4-9,15,19,24,36-37,39-40,44H,3,10-13H2,1-2H3,(H2,32,42)(H2,33,34,43)/t15-,19-,24?,31-/m0/s1. The van der Waals surface area contributed by atoms with Crippen molar-refractivity contribution in [3.63, 3.8) is 0 Å². The van der Waals surface area contributed by atoms with E-state index < -0.39 is 64.1 Å². The summed E-state index contributed by atoms with van der Waals surface area (Å²) >= 11 is 0. The Hall–Kier alpha value is -4.72. The van der Waals surface area contributed by atoms with Gasteiger partial charge in [0, 0.05) is 30.3 Å². The van der Waals surface area contributed by atoms with Crippen LogP contribution in [0.1, 0.15) is 28.8 Å². The second kappa shape index (κ2) is 11.4. The summed E-state index contributed by atoms with van der Waals surface area (Å²) in [6.45, 7) is 0.267. The molecule has 13 heteroatoms. The number of Topliss-reactive ketones (excluding diaryl/α,β-unsaturated/α-hetero) is 2. The van der Waals surface area contributed by atoms with E-state index in [0.29, 0.717) is 35.3 Å². The van der Waals surface area contributed by atoms with E-state index in [-0.39, 0.29) is 36.3 Å². The Bertz CT molecular complexity index is 1630. The first kappa shape index (κ1) is 30.7. The van der Waals surface area contributed by atoms with Crippen LogP contribution >= 0.6 is 0 Å². The number of hydrogen-bond donors (Lipinski definition) is 8. The zero-order valence-corrected chi connectivity index (χ0v) is 24.1. The first-order valence-electron chi connectivity index (χ1n) is 14.1. The fourth-order valence-corrected chi connectivity index (χ4v) is 6.71. The number of nitrogens with zero attached hydrogens (tertiary/aromatic N) is 1. The van der Waals surface area contributed by atoms with Crippen LogP contribution in [0.3, 0.4) is 0 Å². The van der Waals surface area contributed by atoms with Crippen LogP contribution in [0.25, 0.3) is 11.1 Å². The number of anilines is 1. The van der Waals surface area contributed by atoms with Gasteiger partial charge in [0.1, 0.15) is 22.8 Å². The van der Waals surface area contributed by atoms with E-state index in [9.17, 15) is 39.6 Å². The van der Waals surface area contributed by atoms with Gasteiger partial charge in [0.05, 0.1) is 11.6 Å². The van der Waals surface area contributed by atoms with Crippen molar-refractivity contribution >= 4 is 29.2 Å². The minimum absolute atomic E-state index is 0.0187. The predicted molar refractivity (Wildman–Crippen MR) is 158 cm³/mol. The van der Waals surface area contributed by atoms with Crippen molar-refractivity contribution in [3.05, 3.63) is 70.2 Å². The number of benzene rings is 2. The number of rotatable bonds is 7. The van der Waals surface area contributed by atoms with Crippen molar-refractivity contribution in [1.29, 1.82) is 0 Å². The van der Waals surface area contributed by atoms with Crippen molar-refractivity contribution in [1.82, 2.24) is 10.2 Å². The molecule has 0 bridgehead atoms. The highest BCUT2D eigenvalue weighted by Gasteiger charge is 2.63. The maximum atomic E-state index is 13.9. The molecule has 0 radical (unpaired) electrons. The summed E-state index contributed by atoms with van der Waals surface area (Å²) in [6, 6.07) is 8.29. The SMILES string of the molecule is CN(C)C1C(O)=C(C(N)=O)C(=O)[C@@]2(O)C(O)=C3C(=O)c4c(O)ccc(-c5ccc(NC(=O)NCCCO)cc5)c4C[C@H]3C[C@@H]12. The summed E-state index contributed by atoms with van der Waals surface area (Å²) in [5.74, 6) is -7.07. The van der Waals surface area contributed by atoms with E-state index in [1.165, 1.54) is 11.0 Å². The maximum absolute atomic E-state index is 13.9.